The fraction of sp³-hybridized carbons (Fsp3) is 0.500. The first-order valence-corrected chi connectivity index (χ1v) is 5.39. The fourth-order valence-corrected chi connectivity index (χ4v) is 1.62. The Labute approximate surface area is 92.7 Å². The quantitative estimate of drug-likeness (QED) is 0.787. The van der Waals surface area contributed by atoms with Crippen molar-refractivity contribution in [3.63, 3.8) is 0 Å². The molecular formula is C10H15N5O. The van der Waals surface area contributed by atoms with Crippen molar-refractivity contribution in [3.05, 3.63) is 22.5 Å². The zero-order valence-electron chi connectivity index (χ0n) is 9.45. The molecule has 0 bridgehead atoms. The molecule has 0 aliphatic carbocycles. The molecule has 0 aliphatic heterocycles. The van der Waals surface area contributed by atoms with Crippen LogP contribution >= 0.6 is 0 Å². The second-order valence-electron chi connectivity index (χ2n) is 3.58. The molecule has 0 saturated carbocycles. The van der Waals surface area contributed by atoms with Crippen LogP contribution in [-0.4, -0.2) is 37.9 Å². The van der Waals surface area contributed by atoms with Crippen molar-refractivity contribution in [2.24, 2.45) is 0 Å². The topological polar surface area (TPSA) is 77.7 Å². The predicted octanol–water partition coefficient (Wildman–Crippen LogP) is 0.488. The highest BCUT2D eigenvalue weighted by atomic mass is 16.1. The summed E-state index contributed by atoms with van der Waals surface area (Å²) in [6.45, 7) is 6.66. The van der Waals surface area contributed by atoms with Gasteiger partial charge in [-0.2, -0.15) is 0 Å². The highest BCUT2D eigenvalue weighted by Gasteiger charge is 2.08. The molecule has 0 fully saturated rings. The van der Waals surface area contributed by atoms with Crippen molar-refractivity contribution >= 4 is 11.2 Å². The molecule has 0 atom stereocenters. The van der Waals surface area contributed by atoms with Crippen LogP contribution in [0.2, 0.25) is 0 Å². The monoisotopic (exact) mass is 221 g/mol. The number of hydrogen-bond donors (Lipinski definition) is 2. The minimum absolute atomic E-state index is 0.162. The second-order valence-corrected chi connectivity index (χ2v) is 3.58. The molecule has 6 nitrogen and oxygen atoms in total. The molecule has 0 aromatic carbocycles. The molecule has 2 aromatic rings. The number of H-pyrrole nitrogens is 2. The van der Waals surface area contributed by atoms with Gasteiger partial charge in [-0.3, -0.25) is 9.69 Å². The Balaban J connectivity index is 2.34. The van der Waals surface area contributed by atoms with E-state index < -0.39 is 0 Å². The van der Waals surface area contributed by atoms with Crippen molar-refractivity contribution in [2.45, 2.75) is 20.4 Å². The van der Waals surface area contributed by atoms with Gasteiger partial charge >= 0.3 is 0 Å². The van der Waals surface area contributed by atoms with E-state index in [0.29, 0.717) is 23.5 Å². The van der Waals surface area contributed by atoms with Crippen LogP contribution in [0.15, 0.2) is 11.1 Å². The van der Waals surface area contributed by atoms with Crippen molar-refractivity contribution in [3.8, 4) is 0 Å². The summed E-state index contributed by atoms with van der Waals surface area (Å²) in [5.41, 5.74) is 0.749. The zero-order valence-corrected chi connectivity index (χ0v) is 9.45. The smallest absolute Gasteiger partial charge is 0.277 e. The highest BCUT2D eigenvalue weighted by Crippen LogP contribution is 2.02. The van der Waals surface area contributed by atoms with Gasteiger partial charge in [-0.15, -0.1) is 0 Å². The standard InChI is InChI=1S/C10H15N5O/c1-3-15(4-2)5-7-13-9-8(10(16)14-7)11-6-12-9/h6H,3-5H2,1-2H3,(H2,11,12,13,14,16). The van der Waals surface area contributed by atoms with Gasteiger partial charge in [0.1, 0.15) is 5.82 Å². The van der Waals surface area contributed by atoms with E-state index in [-0.39, 0.29) is 5.56 Å². The minimum Gasteiger partial charge on any atom is -0.339 e. The Bertz CT molecular complexity index is 525. The number of aromatic amines is 2. The minimum atomic E-state index is -0.162. The van der Waals surface area contributed by atoms with Crippen molar-refractivity contribution in [1.29, 1.82) is 0 Å². The van der Waals surface area contributed by atoms with E-state index in [0.717, 1.165) is 13.1 Å². The average Bonchev–Trinajstić information content (AvgIpc) is 2.74. The van der Waals surface area contributed by atoms with Crippen LogP contribution in [-0.2, 0) is 6.54 Å². The van der Waals surface area contributed by atoms with Gasteiger partial charge in [0.25, 0.3) is 5.56 Å². The maximum Gasteiger partial charge on any atom is 0.277 e. The number of imidazole rings is 1. The fourth-order valence-electron chi connectivity index (χ4n) is 1.62. The van der Waals surface area contributed by atoms with E-state index in [9.17, 15) is 4.79 Å². The molecule has 16 heavy (non-hydrogen) atoms. The Hall–Kier alpha value is -1.69. The third-order valence-electron chi connectivity index (χ3n) is 2.61. The third-order valence-corrected chi connectivity index (χ3v) is 2.61. The second kappa shape index (κ2) is 4.44. The summed E-state index contributed by atoms with van der Waals surface area (Å²) in [7, 11) is 0. The Morgan fingerprint density at radius 3 is 2.81 bits per heavy atom. The van der Waals surface area contributed by atoms with E-state index in [1.54, 1.807) is 0 Å². The van der Waals surface area contributed by atoms with Crippen LogP contribution in [0, 0.1) is 0 Å². The number of fused-ring (bicyclic) bond motifs is 1. The van der Waals surface area contributed by atoms with Gasteiger partial charge in [-0.05, 0) is 13.1 Å². The summed E-state index contributed by atoms with van der Waals surface area (Å²) in [5, 5.41) is 0. The van der Waals surface area contributed by atoms with Crippen molar-refractivity contribution < 1.29 is 0 Å². The molecule has 2 aromatic heterocycles. The molecule has 0 unspecified atom stereocenters. The average molecular weight is 221 g/mol. The third kappa shape index (κ3) is 1.96. The van der Waals surface area contributed by atoms with Crippen LogP contribution in [0.4, 0.5) is 0 Å². The summed E-state index contributed by atoms with van der Waals surface area (Å²) in [6, 6.07) is 0. The van der Waals surface area contributed by atoms with Gasteiger partial charge in [0.05, 0.1) is 12.9 Å². The summed E-state index contributed by atoms with van der Waals surface area (Å²) >= 11 is 0. The van der Waals surface area contributed by atoms with Gasteiger partial charge in [0.2, 0.25) is 0 Å². The van der Waals surface area contributed by atoms with Crippen LogP contribution < -0.4 is 5.56 Å². The first kappa shape index (κ1) is 10.8. The molecule has 2 N–H and O–H groups in total. The van der Waals surface area contributed by atoms with Crippen molar-refractivity contribution in [1.82, 2.24) is 24.8 Å². The number of hydrogen-bond acceptors (Lipinski definition) is 4. The lowest BCUT2D eigenvalue weighted by molar-refractivity contribution is 0.288. The van der Waals surface area contributed by atoms with Gasteiger partial charge < -0.3 is 9.97 Å². The van der Waals surface area contributed by atoms with E-state index in [1.807, 2.05) is 0 Å². The molecule has 0 saturated heterocycles. The molecule has 0 spiro atoms. The summed E-state index contributed by atoms with van der Waals surface area (Å²) < 4.78 is 0. The van der Waals surface area contributed by atoms with Crippen LogP contribution in [0.5, 0.6) is 0 Å². The molecule has 0 amide bonds. The van der Waals surface area contributed by atoms with E-state index in [1.165, 1.54) is 6.33 Å². The Morgan fingerprint density at radius 2 is 2.12 bits per heavy atom. The largest absolute Gasteiger partial charge is 0.339 e. The van der Waals surface area contributed by atoms with Gasteiger partial charge in [-0.1, -0.05) is 13.8 Å². The number of nitrogens with zero attached hydrogens (tertiary/aromatic N) is 3. The SMILES string of the molecule is CCN(CC)Cc1nc2nc[nH]c2c(=O)[nH]1. The van der Waals surface area contributed by atoms with Crippen LogP contribution in [0.1, 0.15) is 19.7 Å². The Morgan fingerprint density at radius 1 is 1.38 bits per heavy atom. The molecular weight excluding hydrogens is 206 g/mol. The first-order valence-electron chi connectivity index (χ1n) is 5.39. The Kier molecular flexibility index (Phi) is 3.00. The zero-order chi connectivity index (χ0) is 11.5. The number of rotatable bonds is 4. The molecule has 6 heteroatoms. The number of nitrogens with one attached hydrogen (secondary N) is 2. The lowest BCUT2D eigenvalue weighted by Crippen LogP contribution is -2.25. The van der Waals surface area contributed by atoms with Crippen molar-refractivity contribution in [2.75, 3.05) is 13.1 Å². The predicted molar refractivity (Wildman–Crippen MR) is 61.1 cm³/mol. The van der Waals surface area contributed by atoms with Crippen LogP contribution in [0.25, 0.3) is 11.2 Å². The molecule has 86 valence electrons. The first-order chi connectivity index (χ1) is 7.74. The lowest BCUT2D eigenvalue weighted by atomic mass is 10.4. The molecule has 2 heterocycles. The van der Waals surface area contributed by atoms with Gasteiger partial charge in [0.15, 0.2) is 11.2 Å². The maximum atomic E-state index is 11.6. The normalized spacial score (nSPS) is 11.4. The van der Waals surface area contributed by atoms with Crippen LogP contribution in [0.3, 0.4) is 0 Å². The lowest BCUT2D eigenvalue weighted by Gasteiger charge is -2.16. The van der Waals surface area contributed by atoms with Gasteiger partial charge in [0, 0.05) is 0 Å². The van der Waals surface area contributed by atoms with E-state index in [4.69, 9.17) is 0 Å². The summed E-state index contributed by atoms with van der Waals surface area (Å²) in [5.74, 6) is 0.660. The van der Waals surface area contributed by atoms with E-state index >= 15 is 0 Å². The molecule has 2 rings (SSSR count). The maximum absolute atomic E-state index is 11.6. The van der Waals surface area contributed by atoms with E-state index in [2.05, 4.69) is 38.7 Å². The summed E-state index contributed by atoms with van der Waals surface area (Å²) in [6.07, 6.45) is 1.48. The number of aromatic nitrogens is 4. The molecule has 0 radical (unpaired) electrons. The highest BCUT2D eigenvalue weighted by molar-refractivity contribution is 5.67. The summed E-state index contributed by atoms with van der Waals surface area (Å²) in [4.78, 5) is 27.6. The van der Waals surface area contributed by atoms with Gasteiger partial charge in [-0.25, -0.2) is 9.97 Å². The molecule has 0 aliphatic rings.